The van der Waals surface area contributed by atoms with Crippen LogP contribution in [0.25, 0.3) is 5.69 Å². The lowest BCUT2D eigenvalue weighted by molar-refractivity contribution is -0.114. The first-order valence-electron chi connectivity index (χ1n) is 11.8. The van der Waals surface area contributed by atoms with Crippen LogP contribution in [0.1, 0.15) is 55.1 Å². The van der Waals surface area contributed by atoms with Gasteiger partial charge in [-0.2, -0.15) is 5.10 Å². The van der Waals surface area contributed by atoms with E-state index in [-0.39, 0.29) is 29.5 Å². The van der Waals surface area contributed by atoms with E-state index in [0.717, 1.165) is 43.5 Å². The summed E-state index contributed by atoms with van der Waals surface area (Å²) >= 11 is 5.96. The van der Waals surface area contributed by atoms with Crippen molar-refractivity contribution in [3.8, 4) is 5.69 Å². The van der Waals surface area contributed by atoms with Crippen LogP contribution in [0.4, 0.5) is 0 Å². The average molecular weight is 499 g/mol. The highest BCUT2D eigenvalue weighted by Crippen LogP contribution is 2.34. The van der Waals surface area contributed by atoms with E-state index in [1.807, 2.05) is 26.0 Å². The van der Waals surface area contributed by atoms with Crippen LogP contribution in [0.2, 0.25) is 5.02 Å². The minimum atomic E-state index is -0.676. The van der Waals surface area contributed by atoms with E-state index in [2.05, 4.69) is 15.7 Å². The molecule has 2 fully saturated rings. The third kappa shape index (κ3) is 6.22. The number of amides is 2. The number of aromatic nitrogens is 2. The van der Waals surface area contributed by atoms with Gasteiger partial charge in [0, 0.05) is 23.3 Å². The van der Waals surface area contributed by atoms with Crippen LogP contribution in [0.3, 0.4) is 0 Å². The average Bonchev–Trinajstić information content (AvgIpc) is 3.52. The molecule has 186 valence electrons. The summed E-state index contributed by atoms with van der Waals surface area (Å²) in [6.45, 7) is 3.84. The highest BCUT2D eigenvalue weighted by atomic mass is 35.5. The molecule has 2 aromatic rings. The van der Waals surface area contributed by atoms with E-state index < -0.39 is 5.91 Å². The lowest BCUT2D eigenvalue weighted by atomic mass is 9.78. The smallest absolute Gasteiger partial charge is 0.255 e. The Hall–Kier alpha value is -3.33. The fourth-order valence-electron chi connectivity index (χ4n) is 4.23. The van der Waals surface area contributed by atoms with Gasteiger partial charge in [-0.15, -0.1) is 0 Å². The van der Waals surface area contributed by atoms with Gasteiger partial charge in [0.15, 0.2) is 0 Å². The molecule has 1 atom stereocenters. The van der Waals surface area contributed by atoms with Crippen molar-refractivity contribution in [3.63, 3.8) is 0 Å². The molecule has 2 saturated carbocycles. The maximum Gasteiger partial charge on any atom is 0.255 e. The number of benzene rings is 1. The summed E-state index contributed by atoms with van der Waals surface area (Å²) < 4.78 is 7.38. The molecule has 0 saturated heterocycles. The normalized spacial score (nSPS) is 20.5. The number of nitrogens with one attached hydrogen (secondary N) is 3. The van der Waals surface area contributed by atoms with Gasteiger partial charge >= 0.3 is 0 Å². The van der Waals surface area contributed by atoms with Crippen molar-refractivity contribution >= 4 is 29.3 Å². The summed E-state index contributed by atoms with van der Waals surface area (Å²) in [5.74, 6) is -0.663. The van der Waals surface area contributed by atoms with Crippen LogP contribution < -0.4 is 16.4 Å². The quantitative estimate of drug-likeness (QED) is 0.226. The molecule has 1 aromatic heterocycles. The van der Waals surface area contributed by atoms with Crippen LogP contribution in [0, 0.1) is 18.3 Å². The zero-order valence-electron chi connectivity index (χ0n) is 19.9. The lowest BCUT2D eigenvalue weighted by Gasteiger charge is -2.36. The summed E-state index contributed by atoms with van der Waals surface area (Å²) in [5.41, 5.74) is 7.58. The number of hydrogen-bond acceptors (Lipinski definition) is 6. The zero-order chi connectivity index (χ0) is 25.1. The molecule has 5 N–H and O–H groups in total. The van der Waals surface area contributed by atoms with Gasteiger partial charge in [-0.05, 0) is 76.1 Å². The number of carbonyl (C=O) groups excluding carboxylic acids is 2. The molecular formula is C25H31ClN6O3. The van der Waals surface area contributed by atoms with Crippen molar-refractivity contribution in [2.45, 2.75) is 64.1 Å². The van der Waals surface area contributed by atoms with Gasteiger partial charge in [0.2, 0.25) is 5.90 Å². The zero-order valence-corrected chi connectivity index (χ0v) is 20.6. The molecule has 0 radical (unpaired) electrons. The van der Waals surface area contributed by atoms with Crippen LogP contribution in [0.5, 0.6) is 0 Å². The Morgan fingerprint density at radius 1 is 1.31 bits per heavy atom. The van der Waals surface area contributed by atoms with Crippen LogP contribution in [-0.4, -0.2) is 45.7 Å². The van der Waals surface area contributed by atoms with Crippen molar-refractivity contribution in [1.82, 2.24) is 20.4 Å². The van der Waals surface area contributed by atoms with E-state index in [4.69, 9.17) is 27.5 Å². The van der Waals surface area contributed by atoms with Gasteiger partial charge in [-0.25, -0.2) is 4.68 Å². The standard InChI is InChI=1S/C25H31ClN6O3/c1-14(31-25(34)21-13-30-32(15(21)2)19-7-3-17(26)4-8-19)9-16-10-20(11-16)35-24(28)22(23(27)33)12-29-18-5-6-18/h3-4,7-8,12-14,16,18,20,28-29H,5-6,9-11H2,1-2H3,(H2,27,33)(H,31,34)/b22-12-,28-24?/t14-,16?,20?/m0/s1. The maximum atomic E-state index is 12.8. The van der Waals surface area contributed by atoms with E-state index in [9.17, 15) is 9.59 Å². The highest BCUT2D eigenvalue weighted by Gasteiger charge is 2.34. The van der Waals surface area contributed by atoms with Gasteiger partial charge in [-0.1, -0.05) is 11.6 Å². The first-order valence-corrected chi connectivity index (χ1v) is 12.2. The monoisotopic (exact) mass is 498 g/mol. The fourth-order valence-corrected chi connectivity index (χ4v) is 4.35. The second-order valence-corrected chi connectivity index (χ2v) is 9.85. The van der Waals surface area contributed by atoms with Crippen molar-refractivity contribution < 1.29 is 14.3 Å². The molecule has 2 aliphatic rings. The summed E-state index contributed by atoms with van der Waals surface area (Å²) in [6.07, 6.45) is 7.38. The molecule has 2 amide bonds. The minimum absolute atomic E-state index is 0.0324. The third-order valence-corrected chi connectivity index (χ3v) is 6.67. The minimum Gasteiger partial charge on any atom is -0.474 e. The number of nitrogens with zero attached hydrogens (tertiary/aromatic N) is 2. The Bertz CT molecular complexity index is 1130. The number of hydrogen-bond donors (Lipinski definition) is 4. The Balaban J connectivity index is 1.23. The molecule has 9 nitrogen and oxygen atoms in total. The molecule has 0 aliphatic heterocycles. The van der Waals surface area contributed by atoms with Crippen molar-refractivity contribution in [3.05, 3.63) is 58.5 Å². The molecule has 2 aliphatic carbocycles. The molecule has 4 rings (SSSR count). The molecule has 0 spiro atoms. The van der Waals surface area contributed by atoms with Gasteiger partial charge in [0.05, 0.1) is 23.1 Å². The molecule has 0 bridgehead atoms. The summed E-state index contributed by atoms with van der Waals surface area (Å²) in [4.78, 5) is 24.5. The Kier molecular flexibility index (Phi) is 7.45. The van der Waals surface area contributed by atoms with Crippen molar-refractivity contribution in [2.75, 3.05) is 0 Å². The number of ether oxygens (including phenoxy) is 1. The molecule has 10 heteroatoms. The number of nitrogens with two attached hydrogens (primary N) is 1. The first kappa shape index (κ1) is 24.8. The van der Waals surface area contributed by atoms with E-state index in [0.29, 0.717) is 22.5 Å². The Morgan fingerprint density at radius 3 is 2.63 bits per heavy atom. The number of halogens is 1. The second-order valence-electron chi connectivity index (χ2n) is 9.41. The molecule has 35 heavy (non-hydrogen) atoms. The number of carbonyl (C=O) groups is 2. The molecular weight excluding hydrogens is 468 g/mol. The van der Waals surface area contributed by atoms with Crippen LogP contribution in [0.15, 0.2) is 42.2 Å². The Morgan fingerprint density at radius 2 is 2.00 bits per heavy atom. The van der Waals surface area contributed by atoms with E-state index in [1.54, 1.807) is 23.0 Å². The summed E-state index contributed by atoms with van der Waals surface area (Å²) in [6, 6.07) is 7.60. The topological polar surface area (TPSA) is 135 Å². The summed E-state index contributed by atoms with van der Waals surface area (Å²) in [5, 5.41) is 19.2. The predicted molar refractivity (Wildman–Crippen MR) is 134 cm³/mol. The van der Waals surface area contributed by atoms with Crippen LogP contribution in [-0.2, 0) is 9.53 Å². The predicted octanol–water partition coefficient (Wildman–Crippen LogP) is 3.24. The van der Waals surface area contributed by atoms with Crippen LogP contribution >= 0.6 is 11.6 Å². The second kappa shape index (κ2) is 10.5. The highest BCUT2D eigenvalue weighted by molar-refractivity contribution is 6.30. The first-order chi connectivity index (χ1) is 16.7. The third-order valence-electron chi connectivity index (χ3n) is 6.42. The van der Waals surface area contributed by atoms with E-state index >= 15 is 0 Å². The lowest BCUT2D eigenvalue weighted by Crippen LogP contribution is -2.40. The Labute approximate surface area is 209 Å². The van der Waals surface area contributed by atoms with Gasteiger partial charge in [0.25, 0.3) is 11.8 Å². The van der Waals surface area contributed by atoms with E-state index in [1.165, 1.54) is 6.20 Å². The molecule has 1 aromatic carbocycles. The van der Waals surface area contributed by atoms with Gasteiger partial charge < -0.3 is 21.1 Å². The van der Waals surface area contributed by atoms with Gasteiger partial charge in [-0.3, -0.25) is 15.0 Å². The number of rotatable bonds is 10. The molecule has 0 unspecified atom stereocenters. The van der Waals surface area contributed by atoms with Gasteiger partial charge in [0.1, 0.15) is 11.7 Å². The number of primary amides is 1. The SMILES string of the molecule is Cc1c(C(=O)N[C@@H](C)CC2CC(OC(=N)/C(=C\NC3CC3)C(N)=O)C2)cnn1-c1ccc(Cl)cc1. The fraction of sp³-hybridized carbons (Fsp3) is 0.440. The maximum absolute atomic E-state index is 12.8. The van der Waals surface area contributed by atoms with Crippen molar-refractivity contribution in [2.24, 2.45) is 11.7 Å². The molecule has 1 heterocycles. The summed E-state index contributed by atoms with van der Waals surface area (Å²) in [7, 11) is 0. The largest absolute Gasteiger partial charge is 0.474 e. The van der Waals surface area contributed by atoms with Crippen molar-refractivity contribution in [1.29, 1.82) is 5.41 Å².